The van der Waals surface area contributed by atoms with E-state index in [2.05, 4.69) is 62.5 Å². The molecule has 2 N–H and O–H groups in total. The van der Waals surface area contributed by atoms with E-state index in [-0.39, 0.29) is 5.41 Å². The minimum Gasteiger partial charge on any atom is -0.497 e. The van der Waals surface area contributed by atoms with Gasteiger partial charge in [-0.15, -0.1) is 0 Å². The van der Waals surface area contributed by atoms with E-state index in [1.165, 1.54) is 23.1 Å². The molecule has 0 aliphatic carbocycles. The molecule has 1 heterocycles. The molecule has 3 heteroatoms. The van der Waals surface area contributed by atoms with Gasteiger partial charge in [-0.3, -0.25) is 0 Å². The number of nitrogens with two attached hydrogens (primary N) is 1. The first-order chi connectivity index (χ1) is 13.5. The van der Waals surface area contributed by atoms with E-state index in [4.69, 9.17) is 9.47 Å². The molecule has 3 rings (SSSR count). The second-order valence-corrected chi connectivity index (χ2v) is 8.63. The average molecular weight is 383 g/mol. The van der Waals surface area contributed by atoms with Crippen LogP contribution >= 0.6 is 0 Å². The van der Waals surface area contributed by atoms with Gasteiger partial charge in [0.2, 0.25) is 0 Å². The molecular weight excluding hydrogens is 346 g/mol. The number of ether oxygens (including phenoxy) is 2. The van der Waals surface area contributed by atoms with Crippen LogP contribution in [0.25, 0.3) is 0 Å². The monoisotopic (exact) mass is 382 g/mol. The maximum atomic E-state index is 6.12. The SMILES string of the molecule is COc1ccc(C[NH2+]CC[C@@]2(c3ccc(C)cc3)CCO[C@H](C(C)C)C2)cc1. The maximum Gasteiger partial charge on any atom is 0.118 e. The standard InChI is InChI=1S/C25H35NO2/c1-19(2)24-17-25(14-16-28-24,22-9-5-20(3)6-10-22)13-15-26-18-21-7-11-23(27-4)12-8-21/h5-12,19,24,26H,13-18H2,1-4H3/p+1/t24-,25+/m0/s1. The Morgan fingerprint density at radius 3 is 2.46 bits per heavy atom. The molecule has 1 saturated heterocycles. The third-order valence-corrected chi connectivity index (χ3v) is 6.28. The molecule has 0 bridgehead atoms. The van der Waals surface area contributed by atoms with E-state index in [9.17, 15) is 0 Å². The Balaban J connectivity index is 1.66. The van der Waals surface area contributed by atoms with Crippen LogP contribution in [0.5, 0.6) is 5.75 Å². The summed E-state index contributed by atoms with van der Waals surface area (Å²) < 4.78 is 11.4. The Morgan fingerprint density at radius 1 is 1.11 bits per heavy atom. The van der Waals surface area contributed by atoms with Gasteiger partial charge in [0.25, 0.3) is 0 Å². The summed E-state index contributed by atoms with van der Waals surface area (Å²) in [5.74, 6) is 1.48. The van der Waals surface area contributed by atoms with E-state index >= 15 is 0 Å². The van der Waals surface area contributed by atoms with Crippen LogP contribution in [-0.2, 0) is 16.7 Å². The minimum absolute atomic E-state index is 0.233. The molecule has 0 spiro atoms. The zero-order valence-electron chi connectivity index (χ0n) is 17.9. The maximum absolute atomic E-state index is 6.12. The topological polar surface area (TPSA) is 35.1 Å². The largest absolute Gasteiger partial charge is 0.497 e. The number of hydrogen-bond donors (Lipinski definition) is 1. The molecule has 0 saturated carbocycles. The summed E-state index contributed by atoms with van der Waals surface area (Å²) >= 11 is 0. The first kappa shape index (κ1) is 20.9. The van der Waals surface area contributed by atoms with E-state index in [0.717, 1.165) is 38.3 Å². The summed E-state index contributed by atoms with van der Waals surface area (Å²) in [6.07, 6.45) is 3.80. The predicted molar refractivity (Wildman–Crippen MR) is 115 cm³/mol. The van der Waals surface area contributed by atoms with Crippen LogP contribution < -0.4 is 10.1 Å². The van der Waals surface area contributed by atoms with Crippen molar-refractivity contribution in [3.05, 3.63) is 65.2 Å². The van der Waals surface area contributed by atoms with Crippen molar-refractivity contribution in [1.82, 2.24) is 0 Å². The highest BCUT2D eigenvalue weighted by atomic mass is 16.5. The van der Waals surface area contributed by atoms with Crippen molar-refractivity contribution in [3.63, 3.8) is 0 Å². The van der Waals surface area contributed by atoms with Gasteiger partial charge >= 0.3 is 0 Å². The Kier molecular flexibility index (Phi) is 7.14. The average Bonchev–Trinajstić information content (AvgIpc) is 2.72. The third kappa shape index (κ3) is 5.15. The minimum atomic E-state index is 0.233. The van der Waals surface area contributed by atoms with Gasteiger partial charge in [0.1, 0.15) is 12.3 Å². The highest BCUT2D eigenvalue weighted by Crippen LogP contribution is 2.41. The van der Waals surface area contributed by atoms with Gasteiger partial charge in [-0.25, -0.2) is 0 Å². The summed E-state index contributed by atoms with van der Waals surface area (Å²) in [6.45, 7) is 9.75. The lowest BCUT2D eigenvalue weighted by Gasteiger charge is -2.42. The van der Waals surface area contributed by atoms with Crippen LogP contribution in [0, 0.1) is 12.8 Å². The van der Waals surface area contributed by atoms with Crippen molar-refractivity contribution < 1.29 is 14.8 Å². The van der Waals surface area contributed by atoms with E-state index in [0.29, 0.717) is 12.0 Å². The van der Waals surface area contributed by atoms with Crippen LogP contribution in [-0.4, -0.2) is 26.4 Å². The lowest BCUT2D eigenvalue weighted by molar-refractivity contribution is -0.671. The number of hydrogen-bond acceptors (Lipinski definition) is 2. The Labute approximate surface area is 170 Å². The van der Waals surface area contributed by atoms with Gasteiger partial charge in [0, 0.05) is 24.0 Å². The van der Waals surface area contributed by atoms with Gasteiger partial charge < -0.3 is 14.8 Å². The molecular formula is C25H36NO2+. The highest BCUT2D eigenvalue weighted by Gasteiger charge is 2.39. The van der Waals surface area contributed by atoms with Gasteiger partial charge in [-0.1, -0.05) is 43.7 Å². The van der Waals surface area contributed by atoms with Crippen LogP contribution in [0.3, 0.4) is 0 Å². The first-order valence-electron chi connectivity index (χ1n) is 10.7. The van der Waals surface area contributed by atoms with Crippen molar-refractivity contribution >= 4 is 0 Å². The fourth-order valence-electron chi connectivity index (χ4n) is 4.33. The highest BCUT2D eigenvalue weighted by molar-refractivity contribution is 5.30. The van der Waals surface area contributed by atoms with Crippen molar-refractivity contribution in [3.8, 4) is 5.75 Å². The molecule has 1 aliphatic rings. The first-order valence-corrected chi connectivity index (χ1v) is 10.7. The molecule has 2 aromatic rings. The summed E-state index contributed by atoms with van der Waals surface area (Å²) in [5, 5.41) is 2.44. The molecule has 3 nitrogen and oxygen atoms in total. The van der Waals surface area contributed by atoms with Crippen LogP contribution in [0.4, 0.5) is 0 Å². The lowest BCUT2D eigenvalue weighted by atomic mass is 9.68. The second kappa shape index (κ2) is 9.58. The summed E-state index contributed by atoms with van der Waals surface area (Å²) in [7, 11) is 1.71. The predicted octanol–water partition coefficient (Wildman–Crippen LogP) is 4.23. The fourth-order valence-corrected chi connectivity index (χ4v) is 4.33. The molecule has 2 aromatic carbocycles. The number of rotatable bonds is 8. The van der Waals surface area contributed by atoms with E-state index in [1.807, 2.05) is 12.1 Å². The number of benzene rings is 2. The number of aryl methyl sites for hydroxylation is 1. The van der Waals surface area contributed by atoms with Crippen molar-refractivity contribution in [2.24, 2.45) is 5.92 Å². The molecule has 1 fully saturated rings. The lowest BCUT2D eigenvalue weighted by Crippen LogP contribution is -2.83. The smallest absolute Gasteiger partial charge is 0.118 e. The van der Waals surface area contributed by atoms with E-state index < -0.39 is 0 Å². The quantitative estimate of drug-likeness (QED) is 0.694. The van der Waals surface area contributed by atoms with E-state index in [1.54, 1.807) is 7.11 Å². The molecule has 0 radical (unpaired) electrons. The van der Waals surface area contributed by atoms with Crippen LogP contribution in [0.1, 0.15) is 49.8 Å². The Morgan fingerprint density at radius 2 is 1.82 bits per heavy atom. The zero-order valence-corrected chi connectivity index (χ0v) is 17.9. The second-order valence-electron chi connectivity index (χ2n) is 8.63. The van der Waals surface area contributed by atoms with Crippen molar-refractivity contribution in [1.29, 1.82) is 0 Å². The summed E-state index contributed by atoms with van der Waals surface area (Å²) in [5.41, 5.74) is 4.40. The fraction of sp³-hybridized carbons (Fsp3) is 0.520. The molecule has 0 amide bonds. The molecule has 28 heavy (non-hydrogen) atoms. The van der Waals surface area contributed by atoms with Crippen LogP contribution in [0.2, 0.25) is 0 Å². The van der Waals surface area contributed by atoms with Gasteiger partial charge in [0.05, 0.1) is 19.8 Å². The number of quaternary nitrogens is 1. The van der Waals surface area contributed by atoms with Crippen molar-refractivity contribution in [2.75, 3.05) is 20.3 Å². The normalized spacial score (nSPS) is 22.4. The third-order valence-electron chi connectivity index (χ3n) is 6.28. The van der Waals surface area contributed by atoms with Gasteiger partial charge in [0.15, 0.2) is 0 Å². The summed E-state index contributed by atoms with van der Waals surface area (Å²) in [4.78, 5) is 0. The molecule has 1 aliphatic heterocycles. The van der Waals surface area contributed by atoms with Gasteiger partial charge in [-0.2, -0.15) is 0 Å². The molecule has 152 valence electrons. The number of methoxy groups -OCH3 is 1. The van der Waals surface area contributed by atoms with Gasteiger partial charge in [-0.05, 0) is 55.5 Å². The van der Waals surface area contributed by atoms with Crippen LogP contribution in [0.15, 0.2) is 48.5 Å². The molecule has 2 atom stereocenters. The van der Waals surface area contributed by atoms with Crippen molar-refractivity contribution in [2.45, 2.75) is 58.1 Å². The Hall–Kier alpha value is -1.84. The zero-order chi connectivity index (χ0) is 20.0. The molecule has 0 unspecified atom stereocenters. The summed E-state index contributed by atoms with van der Waals surface area (Å²) in [6, 6.07) is 17.6. The Bertz CT molecular complexity index is 723. The molecule has 0 aromatic heterocycles.